The lowest BCUT2D eigenvalue weighted by molar-refractivity contribution is -0.119. The average Bonchev–Trinajstić information content (AvgIpc) is 3.10. The fourth-order valence-electron chi connectivity index (χ4n) is 3.20. The van der Waals surface area contributed by atoms with Crippen LogP contribution in [0.15, 0.2) is 18.2 Å². The Bertz CT molecular complexity index is 679. The molecule has 6 heteroatoms. The minimum atomic E-state index is -3.03. The summed E-state index contributed by atoms with van der Waals surface area (Å²) < 4.78 is 22.9. The van der Waals surface area contributed by atoms with E-state index >= 15 is 0 Å². The number of hydrogen-bond acceptors (Lipinski definition) is 4. The zero-order chi connectivity index (χ0) is 15.7. The minimum absolute atomic E-state index is 0.0241. The Labute approximate surface area is 131 Å². The summed E-state index contributed by atoms with van der Waals surface area (Å²) in [7, 11) is -3.03. The molecule has 1 aromatic rings. The maximum absolute atomic E-state index is 12.2. The highest BCUT2D eigenvalue weighted by atomic mass is 32.2. The Morgan fingerprint density at radius 3 is 2.59 bits per heavy atom. The first kappa shape index (κ1) is 15.3. The van der Waals surface area contributed by atoms with Gasteiger partial charge >= 0.3 is 0 Å². The molecular weight excluding hydrogens is 300 g/mol. The van der Waals surface area contributed by atoms with Crippen LogP contribution in [0.1, 0.15) is 24.8 Å². The Morgan fingerprint density at radius 2 is 2.00 bits per heavy atom. The first-order valence-corrected chi connectivity index (χ1v) is 9.64. The molecule has 0 radical (unpaired) electrons. The van der Waals surface area contributed by atoms with Gasteiger partial charge < -0.3 is 10.2 Å². The Hall–Kier alpha value is -1.56. The second-order valence-electron chi connectivity index (χ2n) is 6.28. The number of nitrogens with zero attached hydrogens (tertiary/aromatic N) is 1. The lowest BCUT2D eigenvalue weighted by Gasteiger charge is -2.19. The van der Waals surface area contributed by atoms with E-state index in [1.54, 1.807) is 0 Å². The summed E-state index contributed by atoms with van der Waals surface area (Å²) in [6.45, 7) is 4.15. The van der Waals surface area contributed by atoms with Crippen molar-refractivity contribution in [2.75, 3.05) is 34.8 Å². The van der Waals surface area contributed by atoms with Gasteiger partial charge in [-0.3, -0.25) is 4.79 Å². The molecule has 1 amide bonds. The highest BCUT2D eigenvalue weighted by Crippen LogP contribution is 2.27. The molecule has 2 aliphatic rings. The van der Waals surface area contributed by atoms with Crippen LogP contribution >= 0.6 is 0 Å². The van der Waals surface area contributed by atoms with Crippen molar-refractivity contribution in [2.45, 2.75) is 26.2 Å². The van der Waals surface area contributed by atoms with Crippen LogP contribution in [0.2, 0.25) is 0 Å². The molecule has 0 saturated carbocycles. The monoisotopic (exact) mass is 322 g/mol. The van der Waals surface area contributed by atoms with E-state index in [1.165, 1.54) is 18.5 Å². The number of aryl methyl sites for hydroxylation is 1. The van der Waals surface area contributed by atoms with Crippen molar-refractivity contribution in [3.63, 3.8) is 0 Å². The second kappa shape index (κ2) is 5.91. The highest BCUT2D eigenvalue weighted by molar-refractivity contribution is 7.91. The number of nitrogens with one attached hydrogen (secondary N) is 1. The summed E-state index contributed by atoms with van der Waals surface area (Å²) in [5.74, 6) is -0.498. The number of anilines is 2. The Balaban J connectivity index is 1.69. The number of carbonyl (C=O) groups excluding carboxylic acids is 1. The predicted molar refractivity (Wildman–Crippen MR) is 88.0 cm³/mol. The van der Waals surface area contributed by atoms with Crippen LogP contribution in [0.4, 0.5) is 11.4 Å². The average molecular weight is 322 g/mol. The predicted octanol–water partition coefficient (Wildman–Crippen LogP) is 1.97. The molecule has 1 atom stereocenters. The van der Waals surface area contributed by atoms with Crippen LogP contribution < -0.4 is 10.2 Å². The standard InChI is InChI=1S/C16H22N2O3S/c1-12-10-14(18-7-2-3-8-18)4-5-15(12)17-16(19)13-6-9-22(20,21)11-13/h4-5,10,13H,2-3,6-9,11H2,1H3,(H,17,19)/t13-/m1/s1. The molecule has 120 valence electrons. The summed E-state index contributed by atoms with van der Waals surface area (Å²) in [6.07, 6.45) is 2.89. The van der Waals surface area contributed by atoms with Crippen molar-refractivity contribution in [1.82, 2.24) is 0 Å². The molecule has 0 aromatic heterocycles. The van der Waals surface area contributed by atoms with Gasteiger partial charge in [-0.25, -0.2) is 8.42 Å². The van der Waals surface area contributed by atoms with Crippen molar-refractivity contribution in [3.8, 4) is 0 Å². The number of amides is 1. The molecule has 5 nitrogen and oxygen atoms in total. The molecule has 2 saturated heterocycles. The van der Waals surface area contributed by atoms with E-state index in [2.05, 4.69) is 16.3 Å². The van der Waals surface area contributed by atoms with Crippen LogP contribution in [0.3, 0.4) is 0 Å². The largest absolute Gasteiger partial charge is 0.372 e. The number of carbonyl (C=O) groups is 1. The third-order valence-corrected chi connectivity index (χ3v) is 6.31. The van der Waals surface area contributed by atoms with E-state index in [1.807, 2.05) is 19.1 Å². The van der Waals surface area contributed by atoms with Gasteiger partial charge in [0.1, 0.15) is 0 Å². The van der Waals surface area contributed by atoms with Gasteiger partial charge in [0.25, 0.3) is 0 Å². The van der Waals surface area contributed by atoms with Crippen LogP contribution in [0.5, 0.6) is 0 Å². The molecule has 2 aliphatic heterocycles. The SMILES string of the molecule is Cc1cc(N2CCCC2)ccc1NC(=O)[C@@H]1CCS(=O)(=O)C1. The Morgan fingerprint density at radius 1 is 1.27 bits per heavy atom. The molecule has 0 bridgehead atoms. The number of hydrogen-bond donors (Lipinski definition) is 1. The van der Waals surface area contributed by atoms with Crippen molar-refractivity contribution in [3.05, 3.63) is 23.8 Å². The van der Waals surface area contributed by atoms with Gasteiger partial charge in [0.15, 0.2) is 9.84 Å². The first-order valence-electron chi connectivity index (χ1n) is 7.81. The van der Waals surface area contributed by atoms with Gasteiger partial charge in [0.05, 0.1) is 17.4 Å². The topological polar surface area (TPSA) is 66.5 Å². The van der Waals surface area contributed by atoms with E-state index in [0.717, 1.165) is 24.3 Å². The number of rotatable bonds is 3. The summed E-state index contributed by atoms with van der Waals surface area (Å²) in [5, 5.41) is 2.89. The first-order chi connectivity index (χ1) is 10.4. The van der Waals surface area contributed by atoms with E-state index in [-0.39, 0.29) is 17.4 Å². The van der Waals surface area contributed by atoms with Crippen molar-refractivity contribution >= 4 is 27.1 Å². The maximum atomic E-state index is 12.2. The summed E-state index contributed by atoms with van der Waals surface area (Å²) >= 11 is 0. The van der Waals surface area contributed by atoms with Gasteiger partial charge in [-0.05, 0) is 49.9 Å². The normalized spacial score (nSPS) is 23.7. The maximum Gasteiger partial charge on any atom is 0.228 e. The fraction of sp³-hybridized carbons (Fsp3) is 0.562. The van der Waals surface area contributed by atoms with E-state index in [9.17, 15) is 13.2 Å². The zero-order valence-electron chi connectivity index (χ0n) is 12.8. The van der Waals surface area contributed by atoms with Crippen molar-refractivity contribution in [2.24, 2.45) is 5.92 Å². The molecule has 0 unspecified atom stereocenters. The number of sulfone groups is 1. The van der Waals surface area contributed by atoms with Gasteiger partial charge in [0, 0.05) is 24.5 Å². The molecule has 0 aliphatic carbocycles. The van der Waals surface area contributed by atoms with Crippen LogP contribution in [0, 0.1) is 12.8 Å². The lowest BCUT2D eigenvalue weighted by atomic mass is 10.1. The van der Waals surface area contributed by atoms with Gasteiger partial charge in [-0.15, -0.1) is 0 Å². The third kappa shape index (κ3) is 3.27. The minimum Gasteiger partial charge on any atom is -0.372 e. The van der Waals surface area contributed by atoms with Crippen molar-refractivity contribution in [1.29, 1.82) is 0 Å². The van der Waals surface area contributed by atoms with Gasteiger partial charge in [0.2, 0.25) is 5.91 Å². The molecule has 1 N–H and O–H groups in total. The van der Waals surface area contributed by atoms with E-state index < -0.39 is 15.8 Å². The molecule has 0 spiro atoms. The summed E-state index contributed by atoms with van der Waals surface area (Å²) in [4.78, 5) is 14.6. The molecule has 1 aromatic carbocycles. The van der Waals surface area contributed by atoms with Crippen LogP contribution in [-0.2, 0) is 14.6 Å². The number of benzene rings is 1. The van der Waals surface area contributed by atoms with Gasteiger partial charge in [-0.1, -0.05) is 0 Å². The molecule has 3 rings (SSSR count). The molecular formula is C16H22N2O3S. The van der Waals surface area contributed by atoms with E-state index in [0.29, 0.717) is 6.42 Å². The summed E-state index contributed by atoms with van der Waals surface area (Å²) in [6, 6.07) is 6.04. The van der Waals surface area contributed by atoms with Crippen molar-refractivity contribution < 1.29 is 13.2 Å². The smallest absolute Gasteiger partial charge is 0.228 e. The molecule has 22 heavy (non-hydrogen) atoms. The Kier molecular flexibility index (Phi) is 4.12. The lowest BCUT2D eigenvalue weighted by Crippen LogP contribution is -2.24. The van der Waals surface area contributed by atoms with Crippen LogP contribution in [-0.4, -0.2) is 38.9 Å². The fourth-order valence-corrected chi connectivity index (χ4v) is 4.94. The molecule has 2 heterocycles. The summed E-state index contributed by atoms with van der Waals surface area (Å²) in [5.41, 5.74) is 2.98. The highest BCUT2D eigenvalue weighted by Gasteiger charge is 2.33. The molecule has 2 fully saturated rings. The zero-order valence-corrected chi connectivity index (χ0v) is 13.7. The second-order valence-corrected chi connectivity index (χ2v) is 8.51. The quantitative estimate of drug-likeness (QED) is 0.924. The van der Waals surface area contributed by atoms with Gasteiger partial charge in [-0.2, -0.15) is 0 Å². The van der Waals surface area contributed by atoms with Crippen LogP contribution in [0.25, 0.3) is 0 Å². The third-order valence-electron chi connectivity index (χ3n) is 4.54. The van der Waals surface area contributed by atoms with E-state index in [4.69, 9.17) is 0 Å².